The number of nitrogens with two attached hydrogens (primary N) is 1. The Morgan fingerprint density at radius 1 is 1.42 bits per heavy atom. The molecular formula is C11H14N6OS. The van der Waals surface area contributed by atoms with Gasteiger partial charge in [-0.15, -0.1) is 11.3 Å². The molecule has 1 amide bonds. The van der Waals surface area contributed by atoms with E-state index in [0.29, 0.717) is 10.9 Å². The highest BCUT2D eigenvalue weighted by Crippen LogP contribution is 2.22. The Kier molecular flexibility index (Phi) is 4.03. The molecule has 0 aromatic carbocycles. The van der Waals surface area contributed by atoms with E-state index < -0.39 is 0 Å². The third-order valence-electron chi connectivity index (χ3n) is 2.46. The van der Waals surface area contributed by atoms with E-state index >= 15 is 0 Å². The van der Waals surface area contributed by atoms with E-state index in [-0.39, 0.29) is 11.6 Å². The van der Waals surface area contributed by atoms with Crippen LogP contribution in [0.1, 0.15) is 28.0 Å². The van der Waals surface area contributed by atoms with Gasteiger partial charge in [-0.25, -0.2) is 15.8 Å². The first-order valence-electron chi connectivity index (χ1n) is 5.70. The van der Waals surface area contributed by atoms with Crippen molar-refractivity contribution in [1.82, 2.24) is 15.0 Å². The molecule has 0 unspecified atom stereocenters. The monoisotopic (exact) mass is 278 g/mol. The average Bonchev–Trinajstić information content (AvgIpc) is 2.78. The van der Waals surface area contributed by atoms with E-state index in [9.17, 15) is 4.79 Å². The number of nitrogens with zero attached hydrogens (tertiary/aromatic N) is 3. The van der Waals surface area contributed by atoms with E-state index in [2.05, 4.69) is 25.7 Å². The van der Waals surface area contributed by atoms with E-state index in [1.54, 1.807) is 0 Å². The van der Waals surface area contributed by atoms with Gasteiger partial charge in [0.2, 0.25) is 0 Å². The number of hydrogen-bond acceptors (Lipinski definition) is 7. The van der Waals surface area contributed by atoms with Crippen molar-refractivity contribution in [2.75, 3.05) is 10.7 Å². The zero-order valence-corrected chi connectivity index (χ0v) is 11.4. The molecule has 2 rings (SSSR count). The molecule has 2 aromatic heterocycles. The maximum Gasteiger partial charge on any atom is 0.277 e. The molecule has 0 radical (unpaired) electrons. The summed E-state index contributed by atoms with van der Waals surface area (Å²) in [7, 11) is 0. The topological polar surface area (TPSA) is 106 Å². The summed E-state index contributed by atoms with van der Waals surface area (Å²) in [5.41, 5.74) is 3.51. The van der Waals surface area contributed by atoms with Gasteiger partial charge in [-0.3, -0.25) is 15.1 Å². The van der Waals surface area contributed by atoms with Crippen molar-refractivity contribution in [3.63, 3.8) is 0 Å². The second-order valence-corrected chi connectivity index (χ2v) is 4.97. The van der Waals surface area contributed by atoms with Crippen molar-refractivity contribution < 1.29 is 4.79 Å². The van der Waals surface area contributed by atoms with Crippen LogP contribution in [0.4, 0.5) is 10.9 Å². The van der Waals surface area contributed by atoms with Crippen LogP contribution in [0.3, 0.4) is 0 Å². The Hall–Kier alpha value is -2.06. The predicted octanol–water partition coefficient (Wildman–Crippen LogP) is 1.34. The van der Waals surface area contributed by atoms with Crippen LogP contribution in [0, 0.1) is 6.92 Å². The molecule has 0 bridgehead atoms. The summed E-state index contributed by atoms with van der Waals surface area (Å²) < 4.78 is 0. The number of amides is 1. The van der Waals surface area contributed by atoms with E-state index in [0.717, 1.165) is 17.0 Å². The maximum absolute atomic E-state index is 12.0. The summed E-state index contributed by atoms with van der Waals surface area (Å²) >= 11 is 1.44. The van der Waals surface area contributed by atoms with Gasteiger partial charge in [-0.2, -0.15) is 0 Å². The molecule has 0 spiro atoms. The molecule has 0 aliphatic rings. The lowest BCUT2D eigenvalue weighted by atomic mass is 10.3. The molecule has 2 aromatic rings. The van der Waals surface area contributed by atoms with Gasteiger partial charge >= 0.3 is 0 Å². The zero-order valence-electron chi connectivity index (χ0n) is 10.6. The summed E-state index contributed by atoms with van der Waals surface area (Å²) in [5.74, 6) is 5.19. The van der Waals surface area contributed by atoms with Gasteiger partial charge in [0.05, 0.1) is 18.1 Å². The summed E-state index contributed by atoms with van der Waals surface area (Å²) in [5, 5.41) is 3.26. The van der Waals surface area contributed by atoms with Gasteiger partial charge in [-0.1, -0.05) is 6.92 Å². The average molecular weight is 278 g/mol. The number of rotatable bonds is 4. The van der Waals surface area contributed by atoms with Crippen molar-refractivity contribution in [1.29, 1.82) is 0 Å². The van der Waals surface area contributed by atoms with E-state index in [4.69, 9.17) is 5.84 Å². The Morgan fingerprint density at radius 3 is 2.84 bits per heavy atom. The first-order chi connectivity index (χ1) is 9.13. The van der Waals surface area contributed by atoms with Gasteiger partial charge in [0, 0.05) is 4.88 Å². The molecule has 0 aliphatic carbocycles. The molecule has 2 heterocycles. The summed E-state index contributed by atoms with van der Waals surface area (Å²) in [6.07, 6.45) is 3.64. The molecule has 0 saturated carbocycles. The fourth-order valence-electron chi connectivity index (χ4n) is 1.52. The number of aromatic nitrogens is 3. The van der Waals surface area contributed by atoms with Crippen LogP contribution >= 0.6 is 11.3 Å². The minimum Gasteiger partial charge on any atom is -0.307 e. The number of nitrogens with one attached hydrogen (secondary N) is 2. The molecule has 0 atom stereocenters. The third kappa shape index (κ3) is 3.04. The van der Waals surface area contributed by atoms with Crippen molar-refractivity contribution >= 4 is 28.2 Å². The van der Waals surface area contributed by atoms with Crippen LogP contribution in [-0.4, -0.2) is 20.9 Å². The van der Waals surface area contributed by atoms with Crippen molar-refractivity contribution in [3.05, 3.63) is 28.7 Å². The third-order valence-corrected chi connectivity index (χ3v) is 3.39. The highest BCUT2D eigenvalue weighted by atomic mass is 32.1. The van der Waals surface area contributed by atoms with Crippen molar-refractivity contribution in [3.8, 4) is 0 Å². The number of hydrazine groups is 1. The van der Waals surface area contributed by atoms with Crippen molar-refractivity contribution in [2.45, 2.75) is 20.3 Å². The van der Waals surface area contributed by atoms with Crippen LogP contribution in [0.15, 0.2) is 12.4 Å². The predicted molar refractivity (Wildman–Crippen MR) is 74.0 cm³/mol. The number of carbonyl (C=O) groups is 1. The van der Waals surface area contributed by atoms with Gasteiger partial charge in [-0.05, 0) is 13.3 Å². The van der Waals surface area contributed by atoms with Crippen LogP contribution < -0.4 is 16.6 Å². The first-order valence-corrected chi connectivity index (χ1v) is 6.52. The molecule has 19 heavy (non-hydrogen) atoms. The highest BCUT2D eigenvalue weighted by molar-refractivity contribution is 7.15. The lowest BCUT2D eigenvalue weighted by molar-refractivity contribution is 0.102. The number of nitrogen functional groups attached to an aromatic ring is 1. The summed E-state index contributed by atoms with van der Waals surface area (Å²) in [6, 6.07) is 0. The van der Waals surface area contributed by atoms with Gasteiger partial charge in [0.15, 0.2) is 10.9 Å². The Morgan fingerprint density at radius 2 is 2.21 bits per heavy atom. The standard InChI is InChI=1S/C11H14N6OS/c1-3-7-6(2)19-11(15-7)16-10(18)8-4-13-5-9(14-8)17-12/h4-5H,3,12H2,1-2H3,(H,14,17)(H,15,16,18). The fraction of sp³-hybridized carbons (Fsp3) is 0.273. The first kappa shape index (κ1) is 13.4. The molecule has 8 heteroatoms. The van der Waals surface area contributed by atoms with Crippen LogP contribution in [0.25, 0.3) is 0 Å². The normalized spacial score (nSPS) is 10.3. The van der Waals surface area contributed by atoms with Gasteiger partial charge in [0.1, 0.15) is 5.69 Å². The van der Waals surface area contributed by atoms with E-state index in [1.807, 2.05) is 13.8 Å². The second-order valence-electron chi connectivity index (χ2n) is 3.76. The van der Waals surface area contributed by atoms with Crippen LogP contribution in [0.5, 0.6) is 0 Å². The molecule has 0 aliphatic heterocycles. The van der Waals surface area contributed by atoms with Crippen molar-refractivity contribution in [2.24, 2.45) is 5.84 Å². The van der Waals surface area contributed by atoms with Gasteiger partial charge in [0.25, 0.3) is 5.91 Å². The molecule has 0 fully saturated rings. The maximum atomic E-state index is 12.0. The Bertz CT molecular complexity index is 597. The number of carbonyl (C=O) groups excluding carboxylic acids is 1. The zero-order chi connectivity index (χ0) is 13.8. The van der Waals surface area contributed by atoms with Gasteiger partial charge < -0.3 is 5.43 Å². The quantitative estimate of drug-likeness (QED) is 0.575. The Labute approximate surface area is 114 Å². The SMILES string of the molecule is CCc1nc(NC(=O)c2cncc(NN)n2)sc1C. The lowest BCUT2D eigenvalue weighted by Crippen LogP contribution is -2.16. The minimum absolute atomic E-state index is 0.182. The number of hydrogen-bond donors (Lipinski definition) is 3. The van der Waals surface area contributed by atoms with Crippen LogP contribution in [-0.2, 0) is 6.42 Å². The molecule has 0 saturated heterocycles. The minimum atomic E-state index is -0.360. The Balaban J connectivity index is 2.15. The summed E-state index contributed by atoms with van der Waals surface area (Å²) in [6.45, 7) is 4.00. The molecule has 4 N–H and O–H groups in total. The highest BCUT2D eigenvalue weighted by Gasteiger charge is 2.12. The molecule has 100 valence electrons. The fourth-order valence-corrected chi connectivity index (χ4v) is 2.41. The van der Waals surface area contributed by atoms with E-state index in [1.165, 1.54) is 23.7 Å². The number of anilines is 2. The second kappa shape index (κ2) is 5.72. The summed E-state index contributed by atoms with van der Waals surface area (Å²) in [4.78, 5) is 25.3. The smallest absolute Gasteiger partial charge is 0.277 e. The molecular weight excluding hydrogens is 264 g/mol. The molecule has 7 nitrogen and oxygen atoms in total. The van der Waals surface area contributed by atoms with Crippen LogP contribution in [0.2, 0.25) is 0 Å². The largest absolute Gasteiger partial charge is 0.307 e. The number of thiazole rings is 1. The number of aryl methyl sites for hydroxylation is 2. The lowest BCUT2D eigenvalue weighted by Gasteiger charge is -2.02.